The van der Waals surface area contributed by atoms with Gasteiger partial charge in [0.15, 0.2) is 0 Å². The smallest absolute Gasteiger partial charge is 0.408 e. The van der Waals surface area contributed by atoms with Crippen molar-refractivity contribution in [1.82, 2.24) is 10.6 Å². The summed E-state index contributed by atoms with van der Waals surface area (Å²) in [5.41, 5.74) is -1.29. The van der Waals surface area contributed by atoms with Crippen LogP contribution in [0.4, 0.5) is 4.79 Å². The number of hydrogen-bond donors (Lipinski definition) is 2. The van der Waals surface area contributed by atoms with Crippen LogP contribution >= 0.6 is 0 Å². The van der Waals surface area contributed by atoms with E-state index in [9.17, 15) is 14.4 Å². The topological polar surface area (TPSA) is 93.7 Å². The number of nitrogens with one attached hydrogen (secondary N) is 2. The standard InChI is InChI=1S/C18H34N2O5/c1-9-10-11-13(20-16(23)25-18(6,7)8)14(21)19-12(2)15(22)24-17(3,4)5/h12-13H,9-11H2,1-8H3,(H,19,21)(H,20,23)/t12-,13-/m0/s1. The molecule has 0 rings (SSSR count). The highest BCUT2D eigenvalue weighted by atomic mass is 16.6. The lowest BCUT2D eigenvalue weighted by atomic mass is 10.1. The van der Waals surface area contributed by atoms with E-state index in [1.165, 1.54) is 0 Å². The number of carbonyl (C=O) groups is 3. The Morgan fingerprint density at radius 1 is 0.920 bits per heavy atom. The minimum absolute atomic E-state index is 0.433. The fourth-order valence-electron chi connectivity index (χ4n) is 1.89. The molecule has 0 aromatic rings. The number of ether oxygens (including phenoxy) is 2. The van der Waals surface area contributed by atoms with Crippen LogP contribution < -0.4 is 10.6 Å². The normalized spacial score (nSPS) is 14.2. The van der Waals surface area contributed by atoms with Crippen molar-refractivity contribution in [2.24, 2.45) is 0 Å². The molecule has 0 bridgehead atoms. The molecule has 2 amide bonds. The van der Waals surface area contributed by atoms with Crippen LogP contribution in [0.3, 0.4) is 0 Å². The maximum atomic E-state index is 12.4. The van der Waals surface area contributed by atoms with Gasteiger partial charge in [-0.05, 0) is 54.9 Å². The molecule has 7 nitrogen and oxygen atoms in total. The van der Waals surface area contributed by atoms with Crippen molar-refractivity contribution in [3.63, 3.8) is 0 Å². The first-order valence-electron chi connectivity index (χ1n) is 8.78. The van der Waals surface area contributed by atoms with Crippen LogP contribution in [0, 0.1) is 0 Å². The highest BCUT2D eigenvalue weighted by molar-refractivity contribution is 5.89. The van der Waals surface area contributed by atoms with Gasteiger partial charge in [-0.2, -0.15) is 0 Å². The maximum Gasteiger partial charge on any atom is 0.408 e. The Kier molecular flexibility index (Phi) is 8.94. The third-order valence-corrected chi connectivity index (χ3v) is 2.97. The Balaban J connectivity index is 4.82. The van der Waals surface area contributed by atoms with Gasteiger partial charge in [0, 0.05) is 0 Å². The average molecular weight is 358 g/mol. The number of unbranched alkanes of at least 4 members (excludes halogenated alkanes) is 1. The summed E-state index contributed by atoms with van der Waals surface area (Å²) in [6, 6.07) is -1.57. The van der Waals surface area contributed by atoms with Crippen LogP contribution in [-0.4, -0.2) is 41.3 Å². The van der Waals surface area contributed by atoms with Crippen LogP contribution in [0.25, 0.3) is 0 Å². The molecule has 0 aromatic carbocycles. The zero-order valence-electron chi connectivity index (χ0n) is 16.8. The predicted molar refractivity (Wildman–Crippen MR) is 96.1 cm³/mol. The van der Waals surface area contributed by atoms with E-state index in [1.807, 2.05) is 6.92 Å². The van der Waals surface area contributed by atoms with Gasteiger partial charge in [-0.15, -0.1) is 0 Å². The molecule has 0 aliphatic carbocycles. The molecule has 0 aliphatic rings. The molecule has 0 aliphatic heterocycles. The molecule has 146 valence electrons. The van der Waals surface area contributed by atoms with Crippen molar-refractivity contribution in [2.75, 3.05) is 0 Å². The summed E-state index contributed by atoms with van der Waals surface area (Å²) in [6.45, 7) is 14.1. The second-order valence-corrected chi connectivity index (χ2v) is 8.10. The molecule has 0 saturated heterocycles. The van der Waals surface area contributed by atoms with Crippen molar-refractivity contribution in [3.8, 4) is 0 Å². The minimum Gasteiger partial charge on any atom is -0.458 e. The van der Waals surface area contributed by atoms with Gasteiger partial charge >= 0.3 is 12.1 Å². The third kappa shape index (κ3) is 11.4. The van der Waals surface area contributed by atoms with Crippen LogP contribution in [0.1, 0.15) is 74.7 Å². The lowest BCUT2D eigenvalue weighted by Crippen LogP contribution is -2.52. The summed E-state index contributed by atoms with van der Waals surface area (Å²) < 4.78 is 10.4. The lowest BCUT2D eigenvalue weighted by Gasteiger charge is -2.25. The number of hydrogen-bond acceptors (Lipinski definition) is 5. The molecule has 0 aromatic heterocycles. The number of alkyl carbamates (subject to hydrolysis) is 1. The summed E-state index contributed by atoms with van der Waals surface area (Å²) in [4.78, 5) is 36.4. The van der Waals surface area contributed by atoms with Crippen molar-refractivity contribution < 1.29 is 23.9 Å². The highest BCUT2D eigenvalue weighted by Crippen LogP contribution is 2.10. The molecular weight excluding hydrogens is 324 g/mol. The summed E-state index contributed by atoms with van der Waals surface area (Å²) in [5.74, 6) is -0.954. The van der Waals surface area contributed by atoms with Crippen molar-refractivity contribution in [2.45, 2.75) is 97.9 Å². The van der Waals surface area contributed by atoms with E-state index in [0.29, 0.717) is 6.42 Å². The van der Waals surface area contributed by atoms with E-state index >= 15 is 0 Å². The molecule has 2 atom stereocenters. The van der Waals surface area contributed by atoms with Crippen LogP contribution in [0.15, 0.2) is 0 Å². The van der Waals surface area contributed by atoms with Crippen molar-refractivity contribution >= 4 is 18.0 Å². The van der Waals surface area contributed by atoms with Gasteiger partial charge in [0.1, 0.15) is 23.3 Å². The lowest BCUT2D eigenvalue weighted by molar-refractivity contribution is -0.158. The SMILES string of the molecule is CCCC[C@H](NC(=O)OC(C)(C)C)C(=O)N[C@@H](C)C(=O)OC(C)(C)C. The van der Waals surface area contributed by atoms with Gasteiger partial charge in [-0.25, -0.2) is 9.59 Å². The molecule has 2 N–H and O–H groups in total. The molecule has 0 unspecified atom stereocenters. The third-order valence-electron chi connectivity index (χ3n) is 2.97. The molecule has 0 heterocycles. The number of rotatable bonds is 7. The fraction of sp³-hybridized carbons (Fsp3) is 0.833. The second-order valence-electron chi connectivity index (χ2n) is 8.10. The van der Waals surface area contributed by atoms with E-state index in [2.05, 4.69) is 10.6 Å². The first-order chi connectivity index (χ1) is 11.2. The zero-order valence-corrected chi connectivity index (χ0v) is 16.8. The minimum atomic E-state index is -0.809. The monoisotopic (exact) mass is 358 g/mol. The molecule has 0 saturated carbocycles. The van der Waals surface area contributed by atoms with Gasteiger partial charge in [-0.1, -0.05) is 19.8 Å². The van der Waals surface area contributed by atoms with E-state index in [4.69, 9.17) is 9.47 Å². The van der Waals surface area contributed by atoms with Crippen molar-refractivity contribution in [3.05, 3.63) is 0 Å². The van der Waals surface area contributed by atoms with Crippen LogP contribution in [0.2, 0.25) is 0 Å². The summed E-state index contributed by atoms with van der Waals surface area (Å²) >= 11 is 0. The summed E-state index contributed by atoms with van der Waals surface area (Å²) in [7, 11) is 0. The number of amides is 2. The van der Waals surface area contributed by atoms with Gasteiger partial charge in [-0.3, -0.25) is 4.79 Å². The summed E-state index contributed by atoms with van der Waals surface area (Å²) in [5, 5.41) is 5.17. The molecular formula is C18H34N2O5. The van der Waals surface area contributed by atoms with E-state index < -0.39 is 41.3 Å². The Morgan fingerprint density at radius 2 is 1.44 bits per heavy atom. The fourth-order valence-corrected chi connectivity index (χ4v) is 1.89. The largest absolute Gasteiger partial charge is 0.458 e. The Bertz CT molecular complexity index is 463. The molecule has 0 spiro atoms. The number of esters is 1. The Morgan fingerprint density at radius 3 is 1.88 bits per heavy atom. The van der Waals surface area contributed by atoms with Gasteiger partial charge in [0.25, 0.3) is 0 Å². The zero-order chi connectivity index (χ0) is 19.8. The highest BCUT2D eigenvalue weighted by Gasteiger charge is 2.28. The Labute approximate surface area is 151 Å². The summed E-state index contributed by atoms with van der Waals surface area (Å²) in [6.07, 6.45) is 1.44. The Hall–Kier alpha value is -1.79. The van der Waals surface area contributed by atoms with E-state index in [1.54, 1.807) is 48.5 Å². The molecule has 7 heteroatoms. The van der Waals surface area contributed by atoms with Crippen molar-refractivity contribution in [1.29, 1.82) is 0 Å². The van der Waals surface area contributed by atoms with E-state index in [-0.39, 0.29) is 0 Å². The average Bonchev–Trinajstić information content (AvgIpc) is 2.39. The molecule has 0 fully saturated rings. The van der Waals surface area contributed by atoms with Gasteiger partial charge in [0.05, 0.1) is 0 Å². The van der Waals surface area contributed by atoms with Gasteiger partial charge < -0.3 is 20.1 Å². The first kappa shape index (κ1) is 23.2. The first-order valence-corrected chi connectivity index (χ1v) is 8.78. The molecule has 25 heavy (non-hydrogen) atoms. The number of carbonyl (C=O) groups excluding carboxylic acids is 3. The van der Waals surface area contributed by atoms with Crippen LogP contribution in [0.5, 0.6) is 0 Å². The molecule has 0 radical (unpaired) electrons. The predicted octanol–water partition coefficient (Wildman–Crippen LogP) is 2.92. The maximum absolute atomic E-state index is 12.4. The van der Waals surface area contributed by atoms with E-state index in [0.717, 1.165) is 12.8 Å². The quantitative estimate of drug-likeness (QED) is 0.683. The second kappa shape index (κ2) is 9.63. The van der Waals surface area contributed by atoms with Gasteiger partial charge in [0.2, 0.25) is 5.91 Å². The van der Waals surface area contributed by atoms with Crippen LogP contribution in [-0.2, 0) is 19.1 Å².